The maximum atomic E-state index is 13.1. The van der Waals surface area contributed by atoms with Crippen molar-refractivity contribution < 1.29 is 4.39 Å². The Hall–Kier alpha value is -1.35. The van der Waals surface area contributed by atoms with Crippen LogP contribution in [0.5, 0.6) is 0 Å². The lowest BCUT2D eigenvalue weighted by molar-refractivity contribution is 0.627. The minimum absolute atomic E-state index is 0.161. The molecular weight excluding hydrogens is 203 g/mol. The van der Waals surface area contributed by atoms with Gasteiger partial charge >= 0.3 is 0 Å². The molecule has 0 fully saturated rings. The summed E-state index contributed by atoms with van der Waals surface area (Å²) in [6.07, 6.45) is 3.64. The summed E-state index contributed by atoms with van der Waals surface area (Å²) >= 11 is 0. The third-order valence-electron chi connectivity index (χ3n) is 2.38. The monoisotopic (exact) mass is 222 g/mol. The fourth-order valence-electron chi connectivity index (χ4n) is 1.55. The summed E-state index contributed by atoms with van der Waals surface area (Å²) in [5.74, 6) is -0.208. The van der Waals surface area contributed by atoms with Crippen LogP contribution in [-0.4, -0.2) is 13.1 Å². The molecule has 0 saturated carbocycles. The first kappa shape index (κ1) is 12.7. The number of nitrogens with two attached hydrogens (primary N) is 1. The molecule has 0 aliphatic rings. The van der Waals surface area contributed by atoms with Gasteiger partial charge in [0, 0.05) is 13.1 Å². The number of rotatable bonds is 5. The van der Waals surface area contributed by atoms with Gasteiger partial charge in [0.1, 0.15) is 5.82 Å². The van der Waals surface area contributed by atoms with Gasteiger partial charge in [0.25, 0.3) is 0 Å². The molecular formula is C13H19FN2. The highest BCUT2D eigenvalue weighted by Gasteiger charge is 2.04. The van der Waals surface area contributed by atoms with Crippen LogP contribution in [0.15, 0.2) is 30.5 Å². The van der Waals surface area contributed by atoms with Crippen molar-refractivity contribution in [3.63, 3.8) is 0 Å². The normalized spacial score (nSPS) is 13.6. The van der Waals surface area contributed by atoms with E-state index in [0.717, 1.165) is 24.0 Å². The Labute approximate surface area is 96.4 Å². The number of halogens is 1. The van der Waals surface area contributed by atoms with E-state index in [2.05, 4.69) is 5.32 Å². The lowest BCUT2D eigenvalue weighted by Gasteiger charge is -2.10. The minimum atomic E-state index is -0.208. The van der Waals surface area contributed by atoms with Crippen LogP contribution < -0.4 is 11.1 Å². The van der Waals surface area contributed by atoms with Crippen molar-refractivity contribution in [2.45, 2.75) is 25.8 Å². The topological polar surface area (TPSA) is 38.0 Å². The van der Waals surface area contributed by atoms with Gasteiger partial charge in [-0.05, 0) is 49.2 Å². The molecule has 1 aromatic rings. The van der Waals surface area contributed by atoms with Gasteiger partial charge in [0.2, 0.25) is 0 Å². The Morgan fingerprint density at radius 2 is 2.31 bits per heavy atom. The summed E-state index contributed by atoms with van der Waals surface area (Å²) in [7, 11) is 1.84. The SMILES string of the molecule is CN/C=C(/CCC(C)N)c1cccc(F)c1. The summed E-state index contributed by atoms with van der Waals surface area (Å²) in [5, 5.41) is 2.98. The zero-order chi connectivity index (χ0) is 12.0. The Morgan fingerprint density at radius 1 is 1.56 bits per heavy atom. The van der Waals surface area contributed by atoms with Crippen LogP contribution in [0.4, 0.5) is 4.39 Å². The molecule has 1 aromatic carbocycles. The van der Waals surface area contributed by atoms with Gasteiger partial charge in [-0.2, -0.15) is 0 Å². The summed E-state index contributed by atoms with van der Waals surface area (Å²) in [6.45, 7) is 1.97. The van der Waals surface area contributed by atoms with Gasteiger partial charge in [0.15, 0.2) is 0 Å². The highest BCUT2D eigenvalue weighted by molar-refractivity contribution is 5.65. The van der Waals surface area contributed by atoms with Crippen molar-refractivity contribution in [3.8, 4) is 0 Å². The number of hydrogen-bond acceptors (Lipinski definition) is 2. The van der Waals surface area contributed by atoms with Gasteiger partial charge < -0.3 is 11.1 Å². The van der Waals surface area contributed by atoms with E-state index in [1.165, 1.54) is 6.07 Å². The predicted octanol–water partition coefficient (Wildman–Crippen LogP) is 2.51. The maximum absolute atomic E-state index is 13.1. The third kappa shape index (κ3) is 4.03. The van der Waals surface area contributed by atoms with Crippen LogP contribution in [0.3, 0.4) is 0 Å². The molecule has 88 valence electrons. The maximum Gasteiger partial charge on any atom is 0.123 e. The largest absolute Gasteiger partial charge is 0.394 e. The van der Waals surface area contributed by atoms with E-state index < -0.39 is 0 Å². The Morgan fingerprint density at radius 3 is 2.88 bits per heavy atom. The van der Waals surface area contributed by atoms with Crippen molar-refractivity contribution in [1.29, 1.82) is 0 Å². The molecule has 0 heterocycles. The quantitative estimate of drug-likeness (QED) is 0.803. The molecule has 0 aromatic heterocycles. The predicted molar refractivity (Wildman–Crippen MR) is 66.3 cm³/mol. The molecule has 1 rings (SSSR count). The van der Waals surface area contributed by atoms with Gasteiger partial charge in [-0.1, -0.05) is 12.1 Å². The van der Waals surface area contributed by atoms with Crippen molar-refractivity contribution in [3.05, 3.63) is 41.8 Å². The average Bonchev–Trinajstić information content (AvgIpc) is 2.24. The molecule has 3 heteroatoms. The zero-order valence-corrected chi connectivity index (χ0v) is 9.83. The lowest BCUT2D eigenvalue weighted by Crippen LogP contribution is -2.14. The molecule has 1 atom stereocenters. The Bertz CT molecular complexity index is 359. The number of nitrogens with one attached hydrogen (secondary N) is 1. The second kappa shape index (κ2) is 6.28. The molecule has 3 N–H and O–H groups in total. The van der Waals surface area contributed by atoms with Crippen LogP contribution in [0.2, 0.25) is 0 Å². The van der Waals surface area contributed by atoms with E-state index in [4.69, 9.17) is 5.73 Å². The van der Waals surface area contributed by atoms with Crippen molar-refractivity contribution in [2.24, 2.45) is 5.73 Å². The van der Waals surface area contributed by atoms with Crippen LogP contribution in [-0.2, 0) is 0 Å². The van der Waals surface area contributed by atoms with Gasteiger partial charge in [-0.25, -0.2) is 4.39 Å². The van der Waals surface area contributed by atoms with E-state index in [-0.39, 0.29) is 11.9 Å². The average molecular weight is 222 g/mol. The van der Waals surface area contributed by atoms with Gasteiger partial charge in [-0.3, -0.25) is 0 Å². The molecule has 0 aliphatic heterocycles. The smallest absolute Gasteiger partial charge is 0.123 e. The molecule has 1 unspecified atom stereocenters. The zero-order valence-electron chi connectivity index (χ0n) is 9.83. The van der Waals surface area contributed by atoms with Crippen LogP contribution >= 0.6 is 0 Å². The standard InChI is InChI=1S/C13H19FN2/c1-10(15)6-7-12(9-16-2)11-4-3-5-13(14)8-11/h3-5,8-10,16H,6-7,15H2,1-2H3/b12-9-. The van der Waals surface area contributed by atoms with E-state index in [1.54, 1.807) is 12.1 Å². The lowest BCUT2D eigenvalue weighted by atomic mass is 10.00. The second-order valence-electron chi connectivity index (χ2n) is 3.98. The molecule has 0 saturated heterocycles. The van der Waals surface area contributed by atoms with Gasteiger partial charge in [0.05, 0.1) is 0 Å². The first-order valence-electron chi connectivity index (χ1n) is 5.51. The fourth-order valence-corrected chi connectivity index (χ4v) is 1.55. The molecule has 0 aliphatic carbocycles. The van der Waals surface area contributed by atoms with Crippen LogP contribution in [0.25, 0.3) is 5.57 Å². The minimum Gasteiger partial charge on any atom is -0.394 e. The second-order valence-corrected chi connectivity index (χ2v) is 3.98. The third-order valence-corrected chi connectivity index (χ3v) is 2.38. The van der Waals surface area contributed by atoms with E-state index in [0.29, 0.717) is 0 Å². The highest BCUT2D eigenvalue weighted by atomic mass is 19.1. The molecule has 0 radical (unpaired) electrons. The molecule has 0 spiro atoms. The van der Waals surface area contributed by atoms with E-state index >= 15 is 0 Å². The number of hydrogen-bond donors (Lipinski definition) is 2. The summed E-state index contributed by atoms with van der Waals surface area (Å²) in [4.78, 5) is 0. The Kier molecular flexibility index (Phi) is 4.99. The van der Waals surface area contributed by atoms with Crippen molar-refractivity contribution in [2.75, 3.05) is 7.05 Å². The first-order chi connectivity index (χ1) is 7.63. The first-order valence-corrected chi connectivity index (χ1v) is 5.51. The Balaban J connectivity index is 2.82. The number of benzene rings is 1. The molecule has 16 heavy (non-hydrogen) atoms. The van der Waals surface area contributed by atoms with Crippen LogP contribution in [0.1, 0.15) is 25.3 Å². The van der Waals surface area contributed by atoms with Gasteiger partial charge in [-0.15, -0.1) is 0 Å². The molecule has 0 amide bonds. The molecule has 0 bridgehead atoms. The summed E-state index contributed by atoms with van der Waals surface area (Å²) < 4.78 is 13.1. The highest BCUT2D eigenvalue weighted by Crippen LogP contribution is 2.20. The van der Waals surface area contributed by atoms with E-state index in [1.807, 2.05) is 26.2 Å². The fraction of sp³-hybridized carbons (Fsp3) is 0.385. The molecule has 2 nitrogen and oxygen atoms in total. The van der Waals surface area contributed by atoms with Crippen molar-refractivity contribution >= 4 is 5.57 Å². The van der Waals surface area contributed by atoms with Crippen molar-refractivity contribution in [1.82, 2.24) is 5.32 Å². The summed E-state index contributed by atoms with van der Waals surface area (Å²) in [5.41, 5.74) is 7.72. The van der Waals surface area contributed by atoms with Crippen LogP contribution in [0, 0.1) is 5.82 Å². The number of allylic oxidation sites excluding steroid dienone is 1. The van der Waals surface area contributed by atoms with E-state index in [9.17, 15) is 4.39 Å². The summed E-state index contributed by atoms with van der Waals surface area (Å²) in [6, 6.07) is 6.79.